The van der Waals surface area contributed by atoms with Crippen molar-refractivity contribution in [1.82, 2.24) is 10.6 Å². The van der Waals surface area contributed by atoms with E-state index in [0.29, 0.717) is 24.3 Å². The summed E-state index contributed by atoms with van der Waals surface area (Å²) in [6.07, 6.45) is 5.14. The van der Waals surface area contributed by atoms with Crippen LogP contribution in [0.5, 0.6) is 0 Å². The molecule has 0 bridgehead atoms. The standard InChI is InChI=1S/C13H25N3O/c1-9-5-6-15-8-12(9)16-13(17)7-10-3-2-4-11(10)14/h9-12,15H,2-8,14H2,1H3,(H,16,17)/t9?,10-,11+,12?/m0/s1. The zero-order valence-electron chi connectivity index (χ0n) is 10.7. The van der Waals surface area contributed by atoms with E-state index in [1.54, 1.807) is 0 Å². The van der Waals surface area contributed by atoms with Crippen LogP contribution >= 0.6 is 0 Å². The van der Waals surface area contributed by atoms with Gasteiger partial charge in [0.1, 0.15) is 0 Å². The summed E-state index contributed by atoms with van der Waals surface area (Å²) in [6, 6.07) is 0.538. The van der Waals surface area contributed by atoms with Gasteiger partial charge in [-0.3, -0.25) is 4.79 Å². The van der Waals surface area contributed by atoms with E-state index in [9.17, 15) is 4.79 Å². The number of nitrogens with one attached hydrogen (secondary N) is 2. The van der Waals surface area contributed by atoms with Crippen LogP contribution in [-0.2, 0) is 4.79 Å². The molecule has 98 valence electrons. The molecule has 2 fully saturated rings. The average molecular weight is 239 g/mol. The summed E-state index contributed by atoms with van der Waals surface area (Å²) in [4.78, 5) is 12.0. The number of hydrogen-bond acceptors (Lipinski definition) is 3. The summed E-state index contributed by atoms with van der Waals surface area (Å²) in [5.74, 6) is 1.17. The van der Waals surface area contributed by atoms with Crippen LogP contribution in [-0.4, -0.2) is 31.1 Å². The number of piperidine rings is 1. The lowest BCUT2D eigenvalue weighted by Gasteiger charge is -2.30. The highest BCUT2D eigenvalue weighted by molar-refractivity contribution is 5.76. The number of carbonyl (C=O) groups is 1. The maximum atomic E-state index is 12.0. The molecule has 4 atom stereocenters. The molecule has 4 heteroatoms. The van der Waals surface area contributed by atoms with Gasteiger partial charge in [0.25, 0.3) is 0 Å². The van der Waals surface area contributed by atoms with Gasteiger partial charge in [0.15, 0.2) is 0 Å². The first kappa shape index (κ1) is 12.8. The zero-order valence-corrected chi connectivity index (χ0v) is 10.7. The topological polar surface area (TPSA) is 67.1 Å². The first-order chi connectivity index (χ1) is 8.16. The molecule has 0 aromatic heterocycles. The fraction of sp³-hybridized carbons (Fsp3) is 0.923. The molecule has 2 rings (SSSR count). The highest BCUT2D eigenvalue weighted by Crippen LogP contribution is 2.26. The number of nitrogens with two attached hydrogens (primary N) is 1. The molecule has 1 saturated heterocycles. The van der Waals surface area contributed by atoms with Gasteiger partial charge in [-0.1, -0.05) is 13.3 Å². The van der Waals surface area contributed by atoms with E-state index in [2.05, 4.69) is 17.6 Å². The molecule has 0 aromatic rings. The highest BCUT2D eigenvalue weighted by atomic mass is 16.1. The number of hydrogen-bond donors (Lipinski definition) is 3. The Morgan fingerprint density at radius 3 is 2.88 bits per heavy atom. The highest BCUT2D eigenvalue weighted by Gasteiger charge is 2.28. The molecule has 0 aromatic carbocycles. The van der Waals surface area contributed by atoms with Crippen LogP contribution in [0.25, 0.3) is 0 Å². The van der Waals surface area contributed by atoms with Crippen molar-refractivity contribution in [3.63, 3.8) is 0 Å². The molecule has 17 heavy (non-hydrogen) atoms. The predicted octanol–water partition coefficient (Wildman–Crippen LogP) is 0.618. The van der Waals surface area contributed by atoms with E-state index in [1.165, 1.54) is 6.42 Å². The average Bonchev–Trinajstić information content (AvgIpc) is 2.68. The first-order valence-electron chi connectivity index (χ1n) is 6.92. The van der Waals surface area contributed by atoms with Crippen molar-refractivity contribution >= 4 is 5.91 Å². The van der Waals surface area contributed by atoms with Crippen molar-refractivity contribution in [2.24, 2.45) is 17.6 Å². The van der Waals surface area contributed by atoms with Crippen LogP contribution in [0.1, 0.15) is 39.0 Å². The second-order valence-corrected chi connectivity index (χ2v) is 5.70. The Labute approximate surface area is 104 Å². The summed E-state index contributed by atoms with van der Waals surface area (Å²) >= 11 is 0. The van der Waals surface area contributed by atoms with Crippen LogP contribution in [0.3, 0.4) is 0 Å². The molecule has 4 N–H and O–H groups in total. The van der Waals surface area contributed by atoms with Crippen molar-refractivity contribution in [2.45, 2.75) is 51.1 Å². The SMILES string of the molecule is CC1CCNCC1NC(=O)C[C@@H]1CCC[C@H]1N. The smallest absolute Gasteiger partial charge is 0.220 e. The van der Waals surface area contributed by atoms with Gasteiger partial charge in [-0.05, 0) is 37.6 Å². The summed E-state index contributed by atoms with van der Waals surface area (Å²) in [6.45, 7) is 4.19. The van der Waals surface area contributed by atoms with Gasteiger partial charge >= 0.3 is 0 Å². The van der Waals surface area contributed by atoms with E-state index < -0.39 is 0 Å². The van der Waals surface area contributed by atoms with E-state index in [-0.39, 0.29) is 11.9 Å². The molecular formula is C13H25N3O. The summed E-state index contributed by atoms with van der Waals surface area (Å²) < 4.78 is 0. The Morgan fingerprint density at radius 2 is 2.24 bits per heavy atom. The Balaban J connectivity index is 1.76. The third-order valence-corrected chi connectivity index (χ3v) is 4.34. The van der Waals surface area contributed by atoms with Crippen LogP contribution in [0.15, 0.2) is 0 Å². The van der Waals surface area contributed by atoms with Crippen LogP contribution < -0.4 is 16.4 Å². The summed E-state index contributed by atoms with van der Waals surface area (Å²) in [5, 5.41) is 6.49. The zero-order chi connectivity index (χ0) is 12.3. The normalized spacial score (nSPS) is 38.0. The molecule has 1 heterocycles. The molecule has 2 aliphatic rings. The second-order valence-electron chi connectivity index (χ2n) is 5.70. The van der Waals surface area contributed by atoms with Gasteiger partial charge < -0.3 is 16.4 Å². The maximum Gasteiger partial charge on any atom is 0.220 e. The van der Waals surface area contributed by atoms with Gasteiger partial charge in [0, 0.05) is 25.0 Å². The number of amides is 1. The molecule has 1 amide bonds. The van der Waals surface area contributed by atoms with E-state index in [4.69, 9.17) is 5.73 Å². The minimum atomic E-state index is 0.188. The fourth-order valence-corrected chi connectivity index (χ4v) is 3.01. The molecule has 0 spiro atoms. The predicted molar refractivity (Wildman–Crippen MR) is 68.5 cm³/mol. The monoisotopic (exact) mass is 239 g/mol. The van der Waals surface area contributed by atoms with Crippen LogP contribution in [0.2, 0.25) is 0 Å². The Bertz CT molecular complexity index is 269. The fourth-order valence-electron chi connectivity index (χ4n) is 3.01. The third kappa shape index (κ3) is 3.42. The van der Waals surface area contributed by atoms with Gasteiger partial charge in [-0.2, -0.15) is 0 Å². The number of carbonyl (C=O) groups excluding carboxylic acids is 1. The molecule has 0 radical (unpaired) electrons. The van der Waals surface area contributed by atoms with E-state index in [0.717, 1.165) is 32.4 Å². The van der Waals surface area contributed by atoms with E-state index in [1.807, 2.05) is 0 Å². The van der Waals surface area contributed by atoms with Gasteiger partial charge in [-0.25, -0.2) is 0 Å². The van der Waals surface area contributed by atoms with Crippen molar-refractivity contribution in [1.29, 1.82) is 0 Å². The molecule has 2 unspecified atom stereocenters. The Kier molecular flexibility index (Phi) is 4.40. The molecule has 1 aliphatic heterocycles. The summed E-state index contributed by atoms with van der Waals surface area (Å²) in [5.41, 5.74) is 6.00. The second kappa shape index (κ2) is 5.83. The van der Waals surface area contributed by atoms with Crippen molar-refractivity contribution in [2.75, 3.05) is 13.1 Å². The van der Waals surface area contributed by atoms with Crippen LogP contribution in [0, 0.1) is 11.8 Å². The lowest BCUT2D eigenvalue weighted by Crippen LogP contribution is -2.50. The molecule has 1 aliphatic carbocycles. The summed E-state index contributed by atoms with van der Waals surface area (Å²) in [7, 11) is 0. The lowest BCUT2D eigenvalue weighted by molar-refractivity contribution is -0.123. The van der Waals surface area contributed by atoms with E-state index >= 15 is 0 Å². The third-order valence-electron chi connectivity index (χ3n) is 4.34. The van der Waals surface area contributed by atoms with Crippen molar-refractivity contribution in [3.8, 4) is 0 Å². The van der Waals surface area contributed by atoms with Crippen LogP contribution in [0.4, 0.5) is 0 Å². The Hall–Kier alpha value is -0.610. The minimum Gasteiger partial charge on any atom is -0.352 e. The molecular weight excluding hydrogens is 214 g/mol. The van der Waals surface area contributed by atoms with Crippen molar-refractivity contribution in [3.05, 3.63) is 0 Å². The van der Waals surface area contributed by atoms with Crippen molar-refractivity contribution < 1.29 is 4.79 Å². The minimum absolute atomic E-state index is 0.188. The maximum absolute atomic E-state index is 12.0. The molecule has 1 saturated carbocycles. The van der Waals surface area contributed by atoms with Gasteiger partial charge in [0.05, 0.1) is 0 Å². The largest absolute Gasteiger partial charge is 0.352 e. The molecule has 4 nitrogen and oxygen atoms in total. The Morgan fingerprint density at radius 1 is 1.41 bits per heavy atom. The number of rotatable bonds is 3. The first-order valence-corrected chi connectivity index (χ1v) is 6.92. The quantitative estimate of drug-likeness (QED) is 0.676. The van der Waals surface area contributed by atoms with Gasteiger partial charge in [-0.15, -0.1) is 0 Å². The van der Waals surface area contributed by atoms with Gasteiger partial charge in [0.2, 0.25) is 5.91 Å². The lowest BCUT2D eigenvalue weighted by atomic mass is 9.94.